The highest BCUT2D eigenvalue weighted by Crippen LogP contribution is 2.19. The lowest BCUT2D eigenvalue weighted by atomic mass is 10.0. The van der Waals surface area contributed by atoms with Gasteiger partial charge in [0.05, 0.1) is 13.7 Å². The summed E-state index contributed by atoms with van der Waals surface area (Å²) in [6.07, 6.45) is 0.881. The Bertz CT molecular complexity index is 533. The molecule has 0 fully saturated rings. The van der Waals surface area contributed by atoms with E-state index >= 15 is 0 Å². The number of hydrogen-bond acceptors (Lipinski definition) is 2. The van der Waals surface area contributed by atoms with Crippen LogP contribution >= 0.6 is 0 Å². The molecule has 1 aromatic rings. The van der Waals surface area contributed by atoms with Gasteiger partial charge < -0.3 is 0 Å². The first-order valence-electron chi connectivity index (χ1n) is 5.61. The van der Waals surface area contributed by atoms with Gasteiger partial charge in [-0.05, 0) is 48.2 Å². The van der Waals surface area contributed by atoms with Crippen LogP contribution in [-0.2, 0) is 16.5 Å². The predicted octanol–water partition coefficient (Wildman–Crippen LogP) is 2.07. The molecule has 0 amide bonds. The fourth-order valence-electron chi connectivity index (χ4n) is 2.36. The van der Waals surface area contributed by atoms with Crippen molar-refractivity contribution in [2.75, 3.05) is 0 Å². The van der Waals surface area contributed by atoms with Crippen molar-refractivity contribution in [3.63, 3.8) is 0 Å². The molecule has 0 saturated carbocycles. The third-order valence-electron chi connectivity index (χ3n) is 3.03. The van der Waals surface area contributed by atoms with Gasteiger partial charge in [-0.3, -0.25) is 4.55 Å². The molecule has 3 nitrogen and oxygen atoms in total. The van der Waals surface area contributed by atoms with Crippen LogP contribution in [0.5, 0.6) is 0 Å². The van der Waals surface area contributed by atoms with E-state index in [-0.39, 0.29) is 4.90 Å². The molecule has 0 aromatic heterocycles. The van der Waals surface area contributed by atoms with Crippen LogP contribution in [0.2, 0.25) is 13.1 Å². The summed E-state index contributed by atoms with van der Waals surface area (Å²) in [5, 5.41) is 0.833. The van der Waals surface area contributed by atoms with Crippen molar-refractivity contribution < 1.29 is 13.0 Å². The van der Waals surface area contributed by atoms with E-state index in [0.29, 0.717) is 0 Å². The Morgan fingerprint density at radius 1 is 1.29 bits per heavy atom. The second-order valence-corrected chi connectivity index (χ2v) is 8.39. The lowest BCUT2D eigenvalue weighted by Gasteiger charge is -2.18. The van der Waals surface area contributed by atoms with Crippen LogP contribution in [0.1, 0.15) is 23.6 Å². The molecule has 0 saturated heterocycles. The molecule has 0 unspecified atom stereocenters. The Labute approximate surface area is 105 Å². The minimum absolute atomic E-state index is 0.101. The maximum atomic E-state index is 11.4. The van der Waals surface area contributed by atoms with Crippen LogP contribution in [0.4, 0.5) is 0 Å². The Kier molecular flexibility index (Phi) is 4.17. The van der Waals surface area contributed by atoms with E-state index in [1.165, 1.54) is 5.56 Å². The summed E-state index contributed by atoms with van der Waals surface area (Å²) in [4.78, 5) is 0.101. The van der Waals surface area contributed by atoms with Gasteiger partial charge in [-0.1, -0.05) is 20.0 Å². The number of benzene rings is 1. The van der Waals surface area contributed by atoms with E-state index in [9.17, 15) is 13.0 Å². The van der Waals surface area contributed by atoms with Crippen LogP contribution in [0.25, 0.3) is 0 Å². The highest BCUT2D eigenvalue weighted by molar-refractivity contribution is 7.86. The fourth-order valence-corrected chi connectivity index (χ4v) is 5.56. The zero-order valence-electron chi connectivity index (χ0n) is 11.0. The summed E-state index contributed by atoms with van der Waals surface area (Å²) in [6, 6.07) is 1.61. The standard InChI is InChI=1S/C12H19O3SSi/c1-6-10-8(2)7-11(16(13,14)15)12(9(10)3)17(4)5/h7H,6H2,1-5H3,(H,13,14,15). The monoisotopic (exact) mass is 271 g/mol. The SMILES string of the molecule is CCc1c(C)cc(S(=O)(=O)O)c([Si](C)C)c1C. The largest absolute Gasteiger partial charge is 0.294 e. The summed E-state index contributed by atoms with van der Waals surface area (Å²) in [7, 11) is -5.07. The Morgan fingerprint density at radius 2 is 1.82 bits per heavy atom. The van der Waals surface area contributed by atoms with Crippen molar-refractivity contribution in [3.8, 4) is 0 Å². The van der Waals surface area contributed by atoms with Crippen molar-refractivity contribution in [3.05, 3.63) is 22.8 Å². The summed E-state index contributed by atoms with van der Waals surface area (Å²) < 4.78 is 32.2. The third-order valence-corrected chi connectivity index (χ3v) is 5.73. The van der Waals surface area contributed by atoms with Crippen molar-refractivity contribution in [2.24, 2.45) is 0 Å². The molecule has 1 radical (unpaired) electrons. The smallest absolute Gasteiger partial charge is 0.282 e. The van der Waals surface area contributed by atoms with Gasteiger partial charge in [0.15, 0.2) is 0 Å². The maximum absolute atomic E-state index is 11.4. The average molecular weight is 271 g/mol. The zero-order chi connectivity index (χ0) is 13.4. The van der Waals surface area contributed by atoms with Gasteiger partial charge in [-0.25, -0.2) is 0 Å². The molecule has 0 spiro atoms. The Balaban J connectivity index is 3.75. The van der Waals surface area contributed by atoms with Gasteiger partial charge in [-0.15, -0.1) is 0 Å². The summed E-state index contributed by atoms with van der Waals surface area (Å²) >= 11 is 0. The molecular formula is C12H19O3SSi. The summed E-state index contributed by atoms with van der Waals surface area (Å²) in [5.41, 5.74) is 3.15. The normalized spacial score (nSPS) is 12.2. The molecule has 0 bridgehead atoms. The van der Waals surface area contributed by atoms with E-state index in [1.54, 1.807) is 6.07 Å². The second kappa shape index (κ2) is 4.92. The molecule has 1 rings (SSSR count). The van der Waals surface area contributed by atoms with Crippen LogP contribution in [0.3, 0.4) is 0 Å². The van der Waals surface area contributed by atoms with Gasteiger partial charge >= 0.3 is 0 Å². The van der Waals surface area contributed by atoms with Crippen LogP contribution in [0.15, 0.2) is 11.0 Å². The molecular weight excluding hydrogens is 252 g/mol. The molecule has 0 atom stereocenters. The molecule has 1 N–H and O–H groups in total. The second-order valence-electron chi connectivity index (χ2n) is 4.50. The van der Waals surface area contributed by atoms with Crippen LogP contribution in [0, 0.1) is 13.8 Å². The Hall–Kier alpha value is -0.653. The maximum Gasteiger partial charge on any atom is 0.294 e. The lowest BCUT2D eigenvalue weighted by molar-refractivity contribution is 0.483. The van der Waals surface area contributed by atoms with Crippen LogP contribution in [-0.4, -0.2) is 21.8 Å². The van der Waals surface area contributed by atoms with E-state index in [1.807, 2.05) is 26.9 Å². The molecule has 95 valence electrons. The molecule has 0 heterocycles. The lowest BCUT2D eigenvalue weighted by Crippen LogP contribution is -2.32. The van der Waals surface area contributed by atoms with E-state index in [0.717, 1.165) is 22.7 Å². The quantitative estimate of drug-likeness (QED) is 0.676. The molecule has 0 aliphatic rings. The molecule has 0 aliphatic carbocycles. The highest BCUT2D eigenvalue weighted by atomic mass is 32.2. The first kappa shape index (κ1) is 14.4. The average Bonchev–Trinajstić information content (AvgIpc) is 2.15. The van der Waals surface area contributed by atoms with Crippen molar-refractivity contribution in [1.29, 1.82) is 0 Å². The minimum Gasteiger partial charge on any atom is -0.282 e. The Morgan fingerprint density at radius 3 is 2.18 bits per heavy atom. The zero-order valence-corrected chi connectivity index (χ0v) is 12.8. The number of hydrogen-bond donors (Lipinski definition) is 1. The molecule has 17 heavy (non-hydrogen) atoms. The van der Waals surface area contributed by atoms with Gasteiger partial charge in [0, 0.05) is 0 Å². The highest BCUT2D eigenvalue weighted by Gasteiger charge is 2.22. The van der Waals surface area contributed by atoms with E-state index < -0.39 is 18.9 Å². The van der Waals surface area contributed by atoms with Crippen LogP contribution < -0.4 is 5.19 Å². The topological polar surface area (TPSA) is 54.4 Å². The number of rotatable bonds is 3. The van der Waals surface area contributed by atoms with Gasteiger partial charge in [0.1, 0.15) is 0 Å². The number of aryl methyl sites for hydroxylation is 1. The first-order valence-corrected chi connectivity index (χ1v) is 9.55. The first-order chi connectivity index (χ1) is 7.70. The van der Waals surface area contributed by atoms with E-state index in [4.69, 9.17) is 0 Å². The summed E-state index contributed by atoms with van der Waals surface area (Å²) in [5.74, 6) is 0. The van der Waals surface area contributed by atoms with Crippen molar-refractivity contribution in [1.82, 2.24) is 0 Å². The molecule has 0 aliphatic heterocycles. The molecule has 1 aromatic carbocycles. The van der Waals surface area contributed by atoms with Gasteiger partial charge in [0.25, 0.3) is 10.1 Å². The van der Waals surface area contributed by atoms with Crippen molar-refractivity contribution >= 4 is 24.1 Å². The third kappa shape index (κ3) is 2.78. The fraction of sp³-hybridized carbons (Fsp3) is 0.500. The predicted molar refractivity (Wildman–Crippen MR) is 72.2 cm³/mol. The van der Waals surface area contributed by atoms with Gasteiger partial charge in [0.2, 0.25) is 0 Å². The van der Waals surface area contributed by atoms with Crippen molar-refractivity contribution in [2.45, 2.75) is 45.2 Å². The van der Waals surface area contributed by atoms with Gasteiger partial charge in [-0.2, -0.15) is 8.42 Å². The molecule has 5 heteroatoms. The summed E-state index contributed by atoms with van der Waals surface area (Å²) in [6.45, 7) is 9.98. The van der Waals surface area contributed by atoms with E-state index in [2.05, 4.69) is 6.92 Å². The minimum atomic E-state index is -4.12.